The van der Waals surface area contributed by atoms with E-state index in [0.717, 1.165) is 6.42 Å². The van der Waals surface area contributed by atoms with E-state index in [1.54, 1.807) is 18.5 Å². The number of rotatable bonds is 3. The first-order valence-corrected chi connectivity index (χ1v) is 4.47. The van der Waals surface area contributed by atoms with Gasteiger partial charge in [-0.2, -0.15) is 0 Å². The third-order valence-corrected chi connectivity index (χ3v) is 2.06. The van der Waals surface area contributed by atoms with Crippen LogP contribution in [0.1, 0.15) is 20.3 Å². The molecule has 0 spiro atoms. The molecule has 0 saturated carbocycles. The van der Waals surface area contributed by atoms with Gasteiger partial charge in [0.1, 0.15) is 5.75 Å². The Bertz CT molecular complexity index is 357. The lowest BCUT2D eigenvalue weighted by Crippen LogP contribution is -2.29. The predicted octanol–water partition coefficient (Wildman–Crippen LogP) is 1.84. The maximum atomic E-state index is 5.60. The Balaban J connectivity index is 2.84. The van der Waals surface area contributed by atoms with Crippen LogP contribution in [-0.2, 0) is 0 Å². The first-order valence-electron chi connectivity index (χ1n) is 4.47. The Morgan fingerprint density at radius 1 is 1.64 bits per heavy atom. The highest BCUT2D eigenvalue weighted by atomic mass is 16.5. The van der Waals surface area contributed by atoms with Gasteiger partial charge >= 0.3 is 0 Å². The van der Waals surface area contributed by atoms with Crippen molar-refractivity contribution < 1.29 is 4.74 Å². The minimum atomic E-state index is -0.588. The van der Waals surface area contributed by atoms with Crippen molar-refractivity contribution >= 4 is 5.69 Å². The zero-order valence-electron chi connectivity index (χ0n) is 8.45. The van der Waals surface area contributed by atoms with Gasteiger partial charge in [-0.1, -0.05) is 12.8 Å². The van der Waals surface area contributed by atoms with Crippen LogP contribution < -0.4 is 10.5 Å². The second kappa shape index (κ2) is 4.01. The molecule has 0 fully saturated rings. The maximum absolute atomic E-state index is 5.60. The van der Waals surface area contributed by atoms with E-state index in [1.165, 1.54) is 0 Å². The van der Waals surface area contributed by atoms with Crippen molar-refractivity contribution in [2.24, 2.45) is 0 Å². The number of hydrogen-bond donors (Lipinski definition) is 1. The molecule has 1 aromatic rings. The normalized spacial score (nSPS) is 14.1. The summed E-state index contributed by atoms with van der Waals surface area (Å²) in [4.78, 5) is 3.92. The third-order valence-electron chi connectivity index (χ3n) is 2.06. The van der Waals surface area contributed by atoms with E-state index in [9.17, 15) is 0 Å². The first kappa shape index (κ1) is 10.4. The molecule has 1 atom stereocenters. The van der Waals surface area contributed by atoms with Crippen LogP contribution in [0.5, 0.6) is 5.75 Å². The molecule has 0 aliphatic rings. The van der Waals surface area contributed by atoms with E-state index >= 15 is 0 Å². The summed E-state index contributed by atoms with van der Waals surface area (Å²) < 4.78 is 5.60. The van der Waals surface area contributed by atoms with Crippen molar-refractivity contribution in [1.82, 2.24) is 4.98 Å². The quantitative estimate of drug-likeness (QED) is 0.740. The molecule has 0 aliphatic carbocycles. The summed E-state index contributed by atoms with van der Waals surface area (Å²) in [6, 6.07) is 1.71. The van der Waals surface area contributed by atoms with E-state index in [0.29, 0.717) is 11.4 Å². The molecule has 0 bridgehead atoms. The van der Waals surface area contributed by atoms with Crippen LogP contribution in [0.25, 0.3) is 0 Å². The lowest BCUT2D eigenvalue weighted by Gasteiger charge is -2.23. The monoisotopic (exact) mass is 190 g/mol. The average Bonchev–Trinajstić information content (AvgIpc) is 2.18. The zero-order chi connectivity index (χ0) is 10.6. The number of nitrogen functional groups attached to an aromatic ring is 1. The summed E-state index contributed by atoms with van der Waals surface area (Å²) in [5.74, 6) is 3.21. The van der Waals surface area contributed by atoms with Crippen LogP contribution in [-0.4, -0.2) is 10.6 Å². The Hall–Kier alpha value is -1.69. The molecular formula is C11H14N2O. The van der Waals surface area contributed by atoms with Gasteiger partial charge in [-0.05, 0) is 13.3 Å². The largest absolute Gasteiger partial charge is 0.473 e. The SMILES string of the molecule is C#CC(C)(CC)Oc1cncc(N)c1. The molecule has 74 valence electrons. The van der Waals surface area contributed by atoms with Gasteiger partial charge < -0.3 is 10.5 Å². The fourth-order valence-corrected chi connectivity index (χ4v) is 0.955. The molecule has 0 radical (unpaired) electrons. The zero-order valence-corrected chi connectivity index (χ0v) is 8.45. The standard InChI is InChI=1S/C11H14N2O/c1-4-11(3,5-2)14-10-6-9(12)7-13-8-10/h1,6-8H,5,12H2,2-3H3. The van der Waals surface area contributed by atoms with E-state index in [-0.39, 0.29) is 0 Å². The fraction of sp³-hybridized carbons (Fsp3) is 0.364. The number of hydrogen-bond acceptors (Lipinski definition) is 3. The molecule has 3 nitrogen and oxygen atoms in total. The number of anilines is 1. The lowest BCUT2D eigenvalue weighted by atomic mass is 10.1. The first-order chi connectivity index (χ1) is 6.59. The van der Waals surface area contributed by atoms with Gasteiger partial charge in [0.15, 0.2) is 5.60 Å². The summed E-state index contributed by atoms with van der Waals surface area (Å²) >= 11 is 0. The minimum absolute atomic E-state index is 0.568. The molecule has 0 saturated heterocycles. The number of terminal acetylenes is 1. The van der Waals surface area contributed by atoms with Crippen molar-refractivity contribution in [3.8, 4) is 18.1 Å². The van der Waals surface area contributed by atoms with Crippen LogP contribution in [0.15, 0.2) is 18.5 Å². The van der Waals surface area contributed by atoms with Gasteiger partial charge in [-0.3, -0.25) is 4.98 Å². The average molecular weight is 190 g/mol. The molecular weight excluding hydrogens is 176 g/mol. The van der Waals surface area contributed by atoms with Gasteiger partial charge in [0.25, 0.3) is 0 Å². The molecule has 0 aliphatic heterocycles. The van der Waals surface area contributed by atoms with E-state index in [4.69, 9.17) is 16.9 Å². The molecule has 3 heteroatoms. The van der Waals surface area contributed by atoms with Gasteiger partial charge in [0, 0.05) is 6.07 Å². The molecule has 1 unspecified atom stereocenters. The number of nitrogens with two attached hydrogens (primary N) is 1. The lowest BCUT2D eigenvalue weighted by molar-refractivity contribution is 0.146. The van der Waals surface area contributed by atoms with Gasteiger partial charge in [0.05, 0.1) is 18.1 Å². The van der Waals surface area contributed by atoms with Crippen LogP contribution in [0.3, 0.4) is 0 Å². The van der Waals surface area contributed by atoms with Crippen LogP contribution in [0.4, 0.5) is 5.69 Å². The van der Waals surface area contributed by atoms with Gasteiger partial charge in [-0.25, -0.2) is 0 Å². The number of aromatic nitrogens is 1. The Labute approximate surface area is 84.3 Å². The van der Waals surface area contributed by atoms with Crippen LogP contribution in [0, 0.1) is 12.3 Å². The molecule has 0 aromatic carbocycles. The van der Waals surface area contributed by atoms with Crippen molar-refractivity contribution in [1.29, 1.82) is 0 Å². The Kier molecular flexibility index (Phi) is 2.98. The molecule has 1 heterocycles. The van der Waals surface area contributed by atoms with Gasteiger partial charge in [-0.15, -0.1) is 6.42 Å². The van der Waals surface area contributed by atoms with Crippen LogP contribution in [0.2, 0.25) is 0 Å². The highest BCUT2D eigenvalue weighted by Crippen LogP contribution is 2.21. The van der Waals surface area contributed by atoms with Crippen molar-refractivity contribution in [3.05, 3.63) is 18.5 Å². The number of nitrogens with zero attached hydrogens (tertiary/aromatic N) is 1. The maximum Gasteiger partial charge on any atom is 0.165 e. The Morgan fingerprint density at radius 2 is 2.36 bits per heavy atom. The highest BCUT2D eigenvalue weighted by molar-refractivity contribution is 5.40. The molecule has 1 aromatic heterocycles. The second-order valence-corrected chi connectivity index (χ2v) is 3.28. The van der Waals surface area contributed by atoms with E-state index < -0.39 is 5.60 Å². The molecule has 14 heavy (non-hydrogen) atoms. The third kappa shape index (κ3) is 2.40. The molecule has 2 N–H and O–H groups in total. The van der Waals surface area contributed by atoms with Gasteiger partial charge in [0.2, 0.25) is 0 Å². The predicted molar refractivity (Wildman–Crippen MR) is 56.8 cm³/mol. The van der Waals surface area contributed by atoms with Crippen molar-refractivity contribution in [2.45, 2.75) is 25.9 Å². The fourth-order valence-electron chi connectivity index (χ4n) is 0.955. The topological polar surface area (TPSA) is 48.1 Å². The Morgan fingerprint density at radius 3 is 2.86 bits per heavy atom. The summed E-state index contributed by atoms with van der Waals surface area (Å²) in [5.41, 5.74) is 5.55. The van der Waals surface area contributed by atoms with Crippen molar-refractivity contribution in [3.63, 3.8) is 0 Å². The van der Waals surface area contributed by atoms with Crippen molar-refractivity contribution in [2.75, 3.05) is 5.73 Å². The summed E-state index contributed by atoms with van der Waals surface area (Å²) in [6.45, 7) is 3.83. The summed E-state index contributed by atoms with van der Waals surface area (Å²) in [5, 5.41) is 0. The highest BCUT2D eigenvalue weighted by Gasteiger charge is 2.20. The number of ether oxygens (including phenoxy) is 1. The summed E-state index contributed by atoms with van der Waals surface area (Å²) in [6.07, 6.45) is 9.27. The van der Waals surface area contributed by atoms with E-state index in [2.05, 4.69) is 10.9 Å². The minimum Gasteiger partial charge on any atom is -0.473 e. The molecule has 1 rings (SSSR count). The van der Waals surface area contributed by atoms with Crippen LogP contribution >= 0.6 is 0 Å². The molecule has 0 amide bonds. The smallest absolute Gasteiger partial charge is 0.165 e. The number of pyridine rings is 1. The summed E-state index contributed by atoms with van der Waals surface area (Å²) in [7, 11) is 0. The van der Waals surface area contributed by atoms with E-state index in [1.807, 2.05) is 13.8 Å². The second-order valence-electron chi connectivity index (χ2n) is 3.28.